The van der Waals surface area contributed by atoms with Gasteiger partial charge in [-0.3, -0.25) is 4.57 Å². The fourth-order valence-electron chi connectivity index (χ4n) is 7.60. The molecule has 0 radical (unpaired) electrons. The monoisotopic (exact) mass is 738 g/mol. The van der Waals surface area contributed by atoms with Crippen LogP contribution in [0.15, 0.2) is 168 Å². The normalized spacial score (nSPS) is 12.7. The van der Waals surface area contributed by atoms with E-state index >= 15 is 0 Å². The van der Waals surface area contributed by atoms with Crippen LogP contribution in [0, 0.1) is 0 Å². The maximum absolute atomic E-state index is 6.47. The second kappa shape index (κ2) is 12.9. The number of hydrogen-bond donors (Lipinski definition) is 0. The molecule has 0 spiro atoms. The summed E-state index contributed by atoms with van der Waals surface area (Å²) in [6, 6.07) is 51.1. The van der Waals surface area contributed by atoms with Crippen molar-refractivity contribution in [2.24, 2.45) is 0 Å². The molecule has 0 saturated heterocycles. The summed E-state index contributed by atoms with van der Waals surface area (Å²) in [5, 5.41) is 2.17. The second-order valence-corrected chi connectivity index (χ2v) is 14.8. The van der Waals surface area contributed by atoms with E-state index in [0.29, 0.717) is 35.4 Å². The van der Waals surface area contributed by atoms with Crippen molar-refractivity contribution in [2.75, 3.05) is 0 Å². The van der Waals surface area contributed by atoms with Gasteiger partial charge in [-0.15, -0.1) is 0 Å². The van der Waals surface area contributed by atoms with Gasteiger partial charge >= 0.3 is 0 Å². The zero-order valence-corrected chi connectivity index (χ0v) is 30.7. The van der Waals surface area contributed by atoms with E-state index < -0.39 is 0 Å². The van der Waals surface area contributed by atoms with Gasteiger partial charge in [0, 0.05) is 45.3 Å². The zero-order valence-electron chi connectivity index (χ0n) is 29.9. The molecule has 7 nitrogen and oxygen atoms in total. The molecule has 4 aromatic heterocycles. The first-order valence-corrected chi connectivity index (χ1v) is 19.2. The summed E-state index contributed by atoms with van der Waals surface area (Å²) in [4.78, 5) is 24.6. The molecule has 11 rings (SSSR count). The molecule has 56 heavy (non-hydrogen) atoms. The Hall–Kier alpha value is -7.29. The molecule has 0 saturated carbocycles. The zero-order chi connectivity index (χ0) is 37.2. The molecule has 0 amide bonds. The third-order valence-corrected chi connectivity index (χ3v) is 11.3. The van der Waals surface area contributed by atoms with E-state index in [-0.39, 0.29) is 0 Å². The number of allylic oxidation sites excluding steroid dienone is 2. The molecule has 6 aromatic carbocycles. The molecule has 8 heteroatoms. The smallest absolute Gasteiger partial charge is 0.227 e. The van der Waals surface area contributed by atoms with Crippen LogP contribution in [0.3, 0.4) is 0 Å². The lowest BCUT2D eigenvalue weighted by Crippen LogP contribution is -2.07. The van der Waals surface area contributed by atoms with Gasteiger partial charge in [-0.1, -0.05) is 121 Å². The van der Waals surface area contributed by atoms with E-state index in [2.05, 4.69) is 77.9 Å². The molecule has 0 unspecified atom stereocenters. The van der Waals surface area contributed by atoms with Gasteiger partial charge in [-0.25, -0.2) is 24.9 Å². The van der Waals surface area contributed by atoms with Crippen molar-refractivity contribution < 1.29 is 4.42 Å². The van der Waals surface area contributed by atoms with E-state index in [9.17, 15) is 0 Å². The minimum atomic E-state index is 0.541. The third-order valence-electron chi connectivity index (χ3n) is 10.3. The molecule has 0 atom stereocenters. The molecule has 0 fully saturated rings. The Balaban J connectivity index is 0.966. The predicted octanol–water partition coefficient (Wildman–Crippen LogP) is 11.9. The molecule has 0 bridgehead atoms. The molecule has 264 valence electrons. The Labute approximate surface area is 325 Å². The molecule has 0 aliphatic heterocycles. The van der Waals surface area contributed by atoms with Crippen molar-refractivity contribution in [3.8, 4) is 50.7 Å². The van der Waals surface area contributed by atoms with Gasteiger partial charge in [0.15, 0.2) is 28.2 Å². The SMILES string of the molecule is C=C1Cc2c(c3ccccc3n2-c2nc3ccccc3s2)C=C1c1cccc(-c2nc3ccc(-c4nc(-c5ccccc5)nc(-c5ccccc5)n4)cc3o2)c1. The maximum atomic E-state index is 6.47. The number of fused-ring (bicyclic) bond motifs is 5. The van der Waals surface area contributed by atoms with Crippen LogP contribution in [0.1, 0.15) is 16.8 Å². The van der Waals surface area contributed by atoms with Crippen molar-refractivity contribution in [1.82, 2.24) is 29.5 Å². The van der Waals surface area contributed by atoms with Gasteiger partial charge in [0.2, 0.25) is 5.89 Å². The number of nitrogens with zero attached hydrogens (tertiary/aromatic N) is 6. The quantitative estimate of drug-likeness (QED) is 0.169. The highest BCUT2D eigenvalue weighted by Gasteiger charge is 2.25. The van der Waals surface area contributed by atoms with Crippen molar-refractivity contribution in [3.05, 3.63) is 181 Å². The van der Waals surface area contributed by atoms with E-state index in [1.807, 2.05) is 91.0 Å². The highest BCUT2D eigenvalue weighted by Crippen LogP contribution is 2.42. The summed E-state index contributed by atoms with van der Waals surface area (Å²) in [6.07, 6.45) is 2.99. The number of hydrogen-bond acceptors (Lipinski definition) is 7. The summed E-state index contributed by atoms with van der Waals surface area (Å²) in [5.41, 5.74) is 12.7. The van der Waals surface area contributed by atoms with E-state index in [1.54, 1.807) is 11.3 Å². The first-order valence-electron chi connectivity index (χ1n) is 18.4. The lowest BCUT2D eigenvalue weighted by atomic mass is 9.87. The van der Waals surface area contributed by atoms with Crippen LogP contribution >= 0.6 is 11.3 Å². The number of thiazole rings is 1. The summed E-state index contributed by atoms with van der Waals surface area (Å²) in [7, 11) is 0. The number of oxazole rings is 1. The topological polar surface area (TPSA) is 82.5 Å². The molecular formula is C48H30N6OS. The summed E-state index contributed by atoms with van der Waals surface area (Å²) in [5.74, 6) is 2.32. The van der Waals surface area contributed by atoms with Gasteiger partial charge in [0.25, 0.3) is 0 Å². The van der Waals surface area contributed by atoms with E-state index in [1.165, 1.54) is 21.3 Å². The van der Waals surface area contributed by atoms with Crippen LogP contribution in [0.25, 0.3) is 94.6 Å². The summed E-state index contributed by atoms with van der Waals surface area (Å²) >= 11 is 1.72. The highest BCUT2D eigenvalue weighted by molar-refractivity contribution is 7.20. The highest BCUT2D eigenvalue weighted by atomic mass is 32.1. The summed E-state index contributed by atoms with van der Waals surface area (Å²) in [6.45, 7) is 4.59. The Bertz CT molecular complexity index is 3100. The van der Waals surface area contributed by atoms with Crippen molar-refractivity contribution in [2.45, 2.75) is 6.42 Å². The van der Waals surface area contributed by atoms with Gasteiger partial charge in [0.05, 0.1) is 15.7 Å². The Kier molecular flexibility index (Phi) is 7.43. The average molecular weight is 739 g/mol. The largest absolute Gasteiger partial charge is 0.436 e. The minimum absolute atomic E-state index is 0.541. The van der Waals surface area contributed by atoms with Crippen LogP contribution in [0.5, 0.6) is 0 Å². The number of para-hydroxylation sites is 2. The van der Waals surface area contributed by atoms with Crippen LogP contribution in [-0.2, 0) is 6.42 Å². The standard InChI is InChI=1S/C48H30N6OS/c1-29-25-41-37(35-19-8-10-21-40(35)54(41)48-50-39-20-9-11-22-43(39)56-48)28-36(29)32-17-12-18-34(26-32)47-49-38-24-23-33(27-42(38)55-47)46-52-44(30-13-4-2-5-14-30)51-45(53-46)31-15-6-3-7-16-31/h2-24,26-28H,1,25H2. The van der Waals surface area contributed by atoms with Crippen LogP contribution < -0.4 is 0 Å². The first kappa shape index (κ1) is 32.2. The average Bonchev–Trinajstić information content (AvgIpc) is 3.97. The van der Waals surface area contributed by atoms with Gasteiger partial charge < -0.3 is 4.42 Å². The van der Waals surface area contributed by atoms with Crippen molar-refractivity contribution in [3.63, 3.8) is 0 Å². The minimum Gasteiger partial charge on any atom is -0.436 e. The van der Waals surface area contributed by atoms with Gasteiger partial charge in [-0.05, 0) is 71.3 Å². The van der Waals surface area contributed by atoms with Crippen LogP contribution in [0.4, 0.5) is 0 Å². The lowest BCUT2D eigenvalue weighted by molar-refractivity contribution is 0.620. The molecule has 1 aliphatic carbocycles. The fourth-order valence-corrected chi connectivity index (χ4v) is 8.61. The maximum Gasteiger partial charge on any atom is 0.227 e. The van der Waals surface area contributed by atoms with Crippen molar-refractivity contribution >= 4 is 55.2 Å². The second-order valence-electron chi connectivity index (χ2n) is 13.8. The molecular weight excluding hydrogens is 709 g/mol. The Morgan fingerprint density at radius 3 is 1.98 bits per heavy atom. The van der Waals surface area contributed by atoms with Gasteiger partial charge in [-0.2, -0.15) is 0 Å². The molecule has 0 N–H and O–H groups in total. The Morgan fingerprint density at radius 2 is 1.21 bits per heavy atom. The number of rotatable bonds is 6. The first-order chi connectivity index (χ1) is 27.6. The number of benzene rings is 6. The van der Waals surface area contributed by atoms with E-state index in [0.717, 1.165) is 60.6 Å². The molecule has 10 aromatic rings. The van der Waals surface area contributed by atoms with Gasteiger partial charge in [0.1, 0.15) is 5.52 Å². The number of aromatic nitrogens is 6. The predicted molar refractivity (Wildman–Crippen MR) is 226 cm³/mol. The summed E-state index contributed by atoms with van der Waals surface area (Å²) < 4.78 is 9.96. The van der Waals surface area contributed by atoms with Crippen molar-refractivity contribution in [1.29, 1.82) is 0 Å². The van der Waals surface area contributed by atoms with Crippen LogP contribution in [-0.4, -0.2) is 29.5 Å². The molecule has 1 aliphatic rings. The third kappa shape index (κ3) is 5.46. The fraction of sp³-hybridized carbons (Fsp3) is 0.0208. The lowest BCUT2D eigenvalue weighted by Gasteiger charge is -2.19. The molecule has 4 heterocycles. The van der Waals surface area contributed by atoms with E-state index in [4.69, 9.17) is 29.3 Å². The Morgan fingerprint density at radius 1 is 0.554 bits per heavy atom. The van der Waals surface area contributed by atoms with Crippen LogP contribution in [0.2, 0.25) is 0 Å².